The largest absolute Gasteiger partial charge is 0.356 e. The fraction of sp³-hybridized carbons (Fsp3) is 1.00. The van der Waals surface area contributed by atoms with Gasteiger partial charge >= 0.3 is 0 Å². The molecule has 0 saturated carbocycles. The summed E-state index contributed by atoms with van der Waals surface area (Å²) in [6, 6.07) is 0.227. The van der Waals surface area contributed by atoms with Crippen LogP contribution in [0.25, 0.3) is 0 Å². The normalized spacial score (nSPS) is 15.0. The minimum atomic E-state index is -1.32. The van der Waals surface area contributed by atoms with Crippen molar-refractivity contribution in [3.8, 4) is 0 Å². The van der Waals surface area contributed by atoms with Gasteiger partial charge in [-0.1, -0.05) is 6.92 Å². The number of hydrogen-bond donors (Lipinski definition) is 2. The topological polar surface area (TPSA) is 43.7 Å². The fourth-order valence-electron chi connectivity index (χ4n) is 0.516. The van der Waals surface area contributed by atoms with Crippen LogP contribution in [-0.2, 0) is 0 Å². The Morgan fingerprint density at radius 3 is 2.00 bits per heavy atom. The third-order valence-corrected chi connectivity index (χ3v) is 1.65. The van der Waals surface area contributed by atoms with E-state index < -0.39 is 6.41 Å². The molecular weight excluding hydrogens is 118 g/mol. The average Bonchev–Trinajstić information content (AvgIpc) is 1.84. The number of nitrogens with zero attached hydrogens (tertiary/aromatic N) is 1. The minimum Gasteiger partial charge on any atom is -0.356 e. The highest BCUT2D eigenvalue weighted by molar-refractivity contribution is 4.57. The molecule has 0 aromatic heterocycles. The predicted molar refractivity (Wildman–Crippen MR) is 35.7 cm³/mol. The van der Waals surface area contributed by atoms with Crippen molar-refractivity contribution >= 4 is 0 Å². The molecule has 0 aliphatic rings. The Balaban J connectivity index is 3.58. The van der Waals surface area contributed by atoms with Crippen molar-refractivity contribution < 1.29 is 10.2 Å². The molecule has 9 heavy (non-hydrogen) atoms. The van der Waals surface area contributed by atoms with E-state index in [9.17, 15) is 0 Å². The van der Waals surface area contributed by atoms with Crippen LogP contribution >= 0.6 is 0 Å². The fourth-order valence-corrected chi connectivity index (χ4v) is 0.516. The van der Waals surface area contributed by atoms with Gasteiger partial charge in [0.2, 0.25) is 6.41 Å². The Bertz CT molecular complexity index is 75.5. The SMILES string of the molecule is CCC(C)N(C)C(O)O. The Kier molecular flexibility index (Phi) is 3.77. The summed E-state index contributed by atoms with van der Waals surface area (Å²) in [5, 5.41) is 17.2. The third kappa shape index (κ3) is 2.79. The quantitative estimate of drug-likeness (QED) is 0.532. The molecule has 0 bridgehead atoms. The van der Waals surface area contributed by atoms with Gasteiger partial charge in [-0.05, 0) is 20.4 Å². The molecule has 0 amide bonds. The van der Waals surface area contributed by atoms with Crippen molar-refractivity contribution in [3.63, 3.8) is 0 Å². The molecule has 0 rings (SSSR count). The zero-order chi connectivity index (χ0) is 7.44. The summed E-state index contributed by atoms with van der Waals surface area (Å²) >= 11 is 0. The van der Waals surface area contributed by atoms with Gasteiger partial charge in [-0.15, -0.1) is 0 Å². The molecule has 0 fully saturated rings. The van der Waals surface area contributed by atoms with Crippen molar-refractivity contribution in [1.82, 2.24) is 4.90 Å². The van der Waals surface area contributed by atoms with Crippen LogP contribution in [0.15, 0.2) is 0 Å². The summed E-state index contributed by atoms with van der Waals surface area (Å²) in [5.74, 6) is 0. The smallest absolute Gasteiger partial charge is 0.213 e. The zero-order valence-electron chi connectivity index (χ0n) is 6.20. The van der Waals surface area contributed by atoms with Gasteiger partial charge in [0, 0.05) is 6.04 Å². The number of aliphatic hydroxyl groups is 2. The van der Waals surface area contributed by atoms with E-state index in [-0.39, 0.29) is 6.04 Å². The second kappa shape index (κ2) is 3.82. The second-order valence-electron chi connectivity index (χ2n) is 2.27. The van der Waals surface area contributed by atoms with Crippen molar-refractivity contribution in [2.24, 2.45) is 0 Å². The van der Waals surface area contributed by atoms with Crippen LogP contribution in [0.2, 0.25) is 0 Å². The lowest BCUT2D eigenvalue weighted by atomic mass is 10.2. The summed E-state index contributed by atoms with van der Waals surface area (Å²) in [6.45, 7) is 3.95. The van der Waals surface area contributed by atoms with E-state index in [0.717, 1.165) is 6.42 Å². The van der Waals surface area contributed by atoms with Gasteiger partial charge in [-0.2, -0.15) is 0 Å². The summed E-state index contributed by atoms with van der Waals surface area (Å²) < 4.78 is 0. The number of aliphatic hydroxyl groups excluding tert-OH is 1. The molecule has 0 aliphatic heterocycles. The van der Waals surface area contributed by atoms with E-state index in [2.05, 4.69) is 0 Å². The average molecular weight is 133 g/mol. The van der Waals surface area contributed by atoms with Gasteiger partial charge in [-0.3, -0.25) is 4.90 Å². The molecule has 3 nitrogen and oxygen atoms in total. The van der Waals surface area contributed by atoms with E-state index in [4.69, 9.17) is 10.2 Å². The van der Waals surface area contributed by atoms with Crippen molar-refractivity contribution in [3.05, 3.63) is 0 Å². The van der Waals surface area contributed by atoms with Crippen molar-refractivity contribution in [1.29, 1.82) is 0 Å². The van der Waals surface area contributed by atoms with Crippen LogP contribution in [0.4, 0.5) is 0 Å². The molecule has 0 aromatic rings. The van der Waals surface area contributed by atoms with E-state index in [1.165, 1.54) is 4.90 Å². The first-order chi connectivity index (χ1) is 4.09. The maximum atomic E-state index is 8.60. The lowest BCUT2D eigenvalue weighted by Crippen LogP contribution is -2.37. The molecule has 0 heterocycles. The van der Waals surface area contributed by atoms with Crippen LogP contribution in [0.3, 0.4) is 0 Å². The van der Waals surface area contributed by atoms with Crippen LogP contribution in [0, 0.1) is 0 Å². The molecular formula is C6H15NO2. The van der Waals surface area contributed by atoms with E-state index in [1.807, 2.05) is 13.8 Å². The Morgan fingerprint density at radius 1 is 1.44 bits per heavy atom. The van der Waals surface area contributed by atoms with Crippen molar-refractivity contribution in [2.45, 2.75) is 32.7 Å². The van der Waals surface area contributed by atoms with Gasteiger partial charge < -0.3 is 10.2 Å². The monoisotopic (exact) mass is 133 g/mol. The maximum Gasteiger partial charge on any atom is 0.213 e. The molecule has 0 aromatic carbocycles. The molecule has 56 valence electrons. The highest BCUT2D eigenvalue weighted by Gasteiger charge is 2.11. The molecule has 2 N–H and O–H groups in total. The first kappa shape index (κ1) is 8.88. The lowest BCUT2D eigenvalue weighted by molar-refractivity contribution is -0.157. The first-order valence-corrected chi connectivity index (χ1v) is 3.17. The summed E-state index contributed by atoms with van der Waals surface area (Å²) in [5.41, 5.74) is 0. The van der Waals surface area contributed by atoms with Gasteiger partial charge in [0.1, 0.15) is 0 Å². The van der Waals surface area contributed by atoms with Gasteiger partial charge in [-0.25, -0.2) is 0 Å². The maximum absolute atomic E-state index is 8.60. The van der Waals surface area contributed by atoms with E-state index in [0.29, 0.717) is 0 Å². The van der Waals surface area contributed by atoms with E-state index in [1.54, 1.807) is 7.05 Å². The van der Waals surface area contributed by atoms with Gasteiger partial charge in [0.05, 0.1) is 0 Å². The lowest BCUT2D eigenvalue weighted by Gasteiger charge is -2.24. The highest BCUT2D eigenvalue weighted by Crippen LogP contribution is 2.00. The van der Waals surface area contributed by atoms with Crippen molar-refractivity contribution in [2.75, 3.05) is 7.05 Å². The zero-order valence-corrected chi connectivity index (χ0v) is 6.20. The van der Waals surface area contributed by atoms with E-state index >= 15 is 0 Å². The molecule has 0 saturated heterocycles. The summed E-state index contributed by atoms with van der Waals surface area (Å²) in [6.07, 6.45) is -0.395. The van der Waals surface area contributed by atoms with Crippen LogP contribution in [0.5, 0.6) is 0 Å². The first-order valence-electron chi connectivity index (χ1n) is 3.17. The van der Waals surface area contributed by atoms with Crippen LogP contribution in [0.1, 0.15) is 20.3 Å². The molecule has 3 heteroatoms. The summed E-state index contributed by atoms with van der Waals surface area (Å²) in [4.78, 5) is 1.50. The third-order valence-electron chi connectivity index (χ3n) is 1.65. The van der Waals surface area contributed by atoms with Gasteiger partial charge in [0.15, 0.2) is 0 Å². The Hall–Kier alpha value is -0.120. The van der Waals surface area contributed by atoms with Crippen LogP contribution < -0.4 is 0 Å². The molecule has 1 unspecified atom stereocenters. The molecule has 1 atom stereocenters. The number of rotatable bonds is 3. The minimum absolute atomic E-state index is 0.227. The predicted octanol–water partition coefficient (Wildman–Crippen LogP) is -0.0151. The standard InChI is InChI=1S/C6H15NO2/c1-4-5(2)7(3)6(8)9/h5-6,8-9H,4H2,1-3H3. The summed E-state index contributed by atoms with van der Waals surface area (Å²) in [7, 11) is 1.68. The number of hydrogen-bond acceptors (Lipinski definition) is 3. The highest BCUT2D eigenvalue weighted by atomic mass is 16.5. The van der Waals surface area contributed by atoms with Crippen LogP contribution in [-0.4, -0.2) is 34.6 Å². The molecule has 0 radical (unpaired) electrons. The Morgan fingerprint density at radius 2 is 1.89 bits per heavy atom. The van der Waals surface area contributed by atoms with Gasteiger partial charge in [0.25, 0.3) is 0 Å². The Labute approximate surface area is 55.9 Å². The second-order valence-corrected chi connectivity index (χ2v) is 2.27. The molecule has 0 aliphatic carbocycles. The molecule has 0 spiro atoms.